The summed E-state index contributed by atoms with van der Waals surface area (Å²) in [5, 5.41) is 20.1. The third-order valence-corrected chi connectivity index (χ3v) is 6.83. The van der Waals surface area contributed by atoms with Crippen molar-refractivity contribution in [1.29, 1.82) is 0 Å². The third kappa shape index (κ3) is 5.95. The standard InChI is InChI=1S/C25H22ClFN4O4S/c1-16-28-29-25(31(16)19-8-10-20(34-2)11-9-19)36-24(14-30(32)33)17-7-12-23(21(26)13-17)35-15-18-5-3-4-6-22(18)27/h3-13,24H,14-15H2,1-2H3/t24-/m0/s1. The fourth-order valence-electron chi connectivity index (χ4n) is 3.53. The van der Waals surface area contributed by atoms with Crippen molar-refractivity contribution >= 4 is 23.4 Å². The SMILES string of the molecule is COc1ccc(-n2c(C)nnc2S[C@@H](C[N+](=O)[O-])c2ccc(OCc3ccccc3F)c(Cl)c2)cc1. The smallest absolute Gasteiger partial charge is 0.220 e. The van der Waals surface area contributed by atoms with Crippen molar-refractivity contribution in [2.24, 2.45) is 0 Å². The molecule has 0 spiro atoms. The minimum atomic E-state index is -0.598. The van der Waals surface area contributed by atoms with Crippen LogP contribution in [0.4, 0.5) is 4.39 Å². The van der Waals surface area contributed by atoms with Crippen LogP contribution in [0.15, 0.2) is 71.9 Å². The predicted molar refractivity (Wildman–Crippen MR) is 135 cm³/mol. The molecule has 186 valence electrons. The van der Waals surface area contributed by atoms with Gasteiger partial charge in [-0.25, -0.2) is 4.39 Å². The first-order chi connectivity index (χ1) is 17.4. The maximum atomic E-state index is 13.9. The number of aromatic nitrogens is 3. The number of nitrogens with zero attached hydrogens (tertiary/aromatic N) is 4. The number of aryl methyl sites for hydroxylation is 1. The second-order valence-electron chi connectivity index (χ2n) is 7.75. The van der Waals surface area contributed by atoms with Crippen LogP contribution in [0.5, 0.6) is 11.5 Å². The lowest BCUT2D eigenvalue weighted by Gasteiger charge is -2.16. The molecule has 0 amide bonds. The topological polar surface area (TPSA) is 92.3 Å². The van der Waals surface area contributed by atoms with E-state index in [0.29, 0.717) is 33.6 Å². The van der Waals surface area contributed by atoms with Gasteiger partial charge >= 0.3 is 0 Å². The molecule has 4 rings (SSSR count). The summed E-state index contributed by atoms with van der Waals surface area (Å²) in [6.45, 7) is 1.45. The lowest BCUT2D eigenvalue weighted by molar-refractivity contribution is -0.479. The first kappa shape index (κ1) is 25.5. The highest BCUT2D eigenvalue weighted by Gasteiger charge is 2.24. The number of nitro groups is 1. The molecule has 11 heteroatoms. The first-order valence-corrected chi connectivity index (χ1v) is 12.1. The second-order valence-corrected chi connectivity index (χ2v) is 9.33. The predicted octanol–water partition coefficient (Wildman–Crippen LogP) is 6.07. The van der Waals surface area contributed by atoms with Gasteiger partial charge in [-0.2, -0.15) is 0 Å². The molecule has 0 bridgehead atoms. The van der Waals surface area contributed by atoms with Crippen LogP contribution in [0.25, 0.3) is 5.69 Å². The molecule has 1 atom stereocenters. The van der Waals surface area contributed by atoms with E-state index in [0.717, 1.165) is 5.69 Å². The number of ether oxygens (including phenoxy) is 2. The van der Waals surface area contributed by atoms with Crippen LogP contribution in [0.3, 0.4) is 0 Å². The van der Waals surface area contributed by atoms with Gasteiger partial charge in [-0.1, -0.05) is 47.6 Å². The molecule has 0 radical (unpaired) electrons. The molecule has 0 aliphatic rings. The number of halogens is 2. The average Bonchev–Trinajstić information content (AvgIpc) is 3.23. The number of hydrogen-bond acceptors (Lipinski definition) is 7. The van der Waals surface area contributed by atoms with Gasteiger partial charge in [0.1, 0.15) is 35.0 Å². The normalized spacial score (nSPS) is 11.8. The Balaban J connectivity index is 1.57. The van der Waals surface area contributed by atoms with Crippen molar-refractivity contribution in [2.75, 3.05) is 13.7 Å². The van der Waals surface area contributed by atoms with Gasteiger partial charge < -0.3 is 9.47 Å². The van der Waals surface area contributed by atoms with E-state index in [1.807, 2.05) is 35.8 Å². The molecule has 36 heavy (non-hydrogen) atoms. The zero-order chi connectivity index (χ0) is 25.7. The van der Waals surface area contributed by atoms with Gasteiger partial charge in [-0.15, -0.1) is 10.2 Å². The van der Waals surface area contributed by atoms with E-state index < -0.39 is 5.25 Å². The summed E-state index contributed by atoms with van der Waals surface area (Å²) in [5.41, 5.74) is 1.82. The minimum Gasteiger partial charge on any atom is -0.497 e. The third-order valence-electron chi connectivity index (χ3n) is 5.36. The number of thioether (sulfide) groups is 1. The Morgan fingerprint density at radius 2 is 1.89 bits per heavy atom. The van der Waals surface area contributed by atoms with E-state index in [9.17, 15) is 14.5 Å². The maximum Gasteiger partial charge on any atom is 0.220 e. The molecule has 1 aromatic heterocycles. The molecular weight excluding hydrogens is 507 g/mol. The molecule has 0 aliphatic carbocycles. The largest absolute Gasteiger partial charge is 0.497 e. The summed E-state index contributed by atoms with van der Waals surface area (Å²) in [6.07, 6.45) is 0. The quantitative estimate of drug-likeness (QED) is 0.140. The number of methoxy groups -OCH3 is 1. The summed E-state index contributed by atoms with van der Waals surface area (Å²) in [5.74, 6) is 1.32. The Labute approximate surface area is 216 Å². The number of benzene rings is 3. The van der Waals surface area contributed by atoms with E-state index in [4.69, 9.17) is 21.1 Å². The van der Waals surface area contributed by atoms with E-state index in [1.165, 1.54) is 17.8 Å². The molecule has 4 aromatic rings. The highest BCUT2D eigenvalue weighted by Crippen LogP contribution is 2.39. The summed E-state index contributed by atoms with van der Waals surface area (Å²) in [4.78, 5) is 11.1. The lowest BCUT2D eigenvalue weighted by atomic mass is 10.1. The van der Waals surface area contributed by atoms with Crippen LogP contribution in [-0.4, -0.2) is 33.3 Å². The zero-order valence-electron chi connectivity index (χ0n) is 19.4. The summed E-state index contributed by atoms with van der Waals surface area (Å²) in [7, 11) is 1.59. The summed E-state index contributed by atoms with van der Waals surface area (Å²) in [6, 6.07) is 18.6. The van der Waals surface area contributed by atoms with Crippen LogP contribution >= 0.6 is 23.4 Å². The van der Waals surface area contributed by atoms with Crippen molar-refractivity contribution in [3.63, 3.8) is 0 Å². The summed E-state index contributed by atoms with van der Waals surface area (Å²) >= 11 is 7.65. The van der Waals surface area contributed by atoms with E-state index in [-0.39, 0.29) is 28.9 Å². The molecule has 0 aliphatic heterocycles. The Hall–Kier alpha value is -3.63. The molecule has 8 nitrogen and oxygen atoms in total. The van der Waals surface area contributed by atoms with Gasteiger partial charge in [0.2, 0.25) is 6.54 Å². The van der Waals surface area contributed by atoms with E-state index in [1.54, 1.807) is 43.5 Å². The summed E-state index contributed by atoms with van der Waals surface area (Å²) < 4.78 is 26.6. The van der Waals surface area contributed by atoms with Crippen molar-refractivity contribution in [1.82, 2.24) is 14.8 Å². The minimum absolute atomic E-state index is 0.00303. The van der Waals surface area contributed by atoms with Gasteiger partial charge in [0.05, 0.1) is 12.1 Å². The highest BCUT2D eigenvalue weighted by atomic mass is 35.5. The van der Waals surface area contributed by atoms with Crippen molar-refractivity contribution < 1.29 is 18.8 Å². The number of hydrogen-bond donors (Lipinski definition) is 0. The van der Waals surface area contributed by atoms with Crippen LogP contribution in [0, 0.1) is 22.9 Å². The zero-order valence-corrected chi connectivity index (χ0v) is 21.0. The van der Waals surface area contributed by atoms with E-state index in [2.05, 4.69) is 10.2 Å². The van der Waals surface area contributed by atoms with Crippen LogP contribution < -0.4 is 9.47 Å². The first-order valence-electron chi connectivity index (χ1n) is 10.9. The Morgan fingerprint density at radius 1 is 1.14 bits per heavy atom. The van der Waals surface area contributed by atoms with Crippen molar-refractivity contribution in [3.8, 4) is 17.2 Å². The molecule has 1 heterocycles. The average molecular weight is 529 g/mol. The Morgan fingerprint density at radius 3 is 2.56 bits per heavy atom. The second kappa shape index (κ2) is 11.4. The van der Waals surface area contributed by atoms with Crippen LogP contribution in [-0.2, 0) is 6.61 Å². The molecular formula is C25H22ClFN4O4S. The highest BCUT2D eigenvalue weighted by molar-refractivity contribution is 7.99. The molecule has 0 saturated carbocycles. The fraction of sp³-hybridized carbons (Fsp3) is 0.200. The van der Waals surface area contributed by atoms with Gasteiger partial charge in [0.15, 0.2) is 5.16 Å². The van der Waals surface area contributed by atoms with Gasteiger partial charge in [-0.05, 0) is 55.0 Å². The van der Waals surface area contributed by atoms with E-state index >= 15 is 0 Å². The maximum absolute atomic E-state index is 13.9. The van der Waals surface area contributed by atoms with Gasteiger partial charge in [0, 0.05) is 16.2 Å². The molecule has 3 aromatic carbocycles. The number of rotatable bonds is 10. The van der Waals surface area contributed by atoms with Gasteiger partial charge in [0.25, 0.3) is 0 Å². The Kier molecular flexibility index (Phi) is 8.07. The van der Waals surface area contributed by atoms with Crippen molar-refractivity contribution in [3.05, 3.63) is 105 Å². The van der Waals surface area contributed by atoms with Crippen LogP contribution in [0.2, 0.25) is 5.02 Å². The van der Waals surface area contributed by atoms with Gasteiger partial charge in [-0.3, -0.25) is 14.7 Å². The molecule has 0 saturated heterocycles. The Bertz CT molecular complexity index is 1370. The molecule has 0 fully saturated rings. The lowest BCUT2D eigenvalue weighted by Crippen LogP contribution is -2.11. The van der Waals surface area contributed by atoms with Crippen LogP contribution in [0.1, 0.15) is 22.2 Å². The molecule has 0 unspecified atom stereocenters. The fourth-order valence-corrected chi connectivity index (χ4v) is 4.93. The monoisotopic (exact) mass is 528 g/mol. The molecule has 0 N–H and O–H groups in total. The van der Waals surface area contributed by atoms with Crippen molar-refractivity contribution in [2.45, 2.75) is 23.9 Å².